The van der Waals surface area contributed by atoms with Gasteiger partial charge >= 0.3 is 5.97 Å². The van der Waals surface area contributed by atoms with Crippen molar-refractivity contribution in [2.75, 3.05) is 20.8 Å². The maximum atomic E-state index is 12.2. The van der Waals surface area contributed by atoms with Gasteiger partial charge in [-0.25, -0.2) is 4.79 Å². The summed E-state index contributed by atoms with van der Waals surface area (Å²) in [6.07, 6.45) is 0.214. The van der Waals surface area contributed by atoms with Gasteiger partial charge in [0.15, 0.2) is 0 Å². The topological polar surface area (TPSA) is 84.9 Å². The minimum Gasteiger partial charge on any atom is -0.496 e. The fourth-order valence-electron chi connectivity index (χ4n) is 2.14. The van der Waals surface area contributed by atoms with Gasteiger partial charge in [-0.3, -0.25) is 4.79 Å². The molecule has 0 saturated carbocycles. The molecular formula is C15H21NO5. The Kier molecular flexibility index (Phi) is 6.17. The van der Waals surface area contributed by atoms with Crippen molar-refractivity contribution in [2.45, 2.75) is 26.3 Å². The van der Waals surface area contributed by atoms with E-state index in [4.69, 9.17) is 14.6 Å². The highest BCUT2D eigenvalue weighted by Crippen LogP contribution is 2.24. The average molecular weight is 295 g/mol. The van der Waals surface area contributed by atoms with E-state index >= 15 is 0 Å². The molecule has 0 aliphatic heterocycles. The van der Waals surface area contributed by atoms with Gasteiger partial charge in [0, 0.05) is 25.7 Å². The Bertz CT molecular complexity index is 504. The Morgan fingerprint density at radius 2 is 1.81 bits per heavy atom. The van der Waals surface area contributed by atoms with Crippen LogP contribution in [0, 0.1) is 13.8 Å². The minimum absolute atomic E-state index is 0.214. The van der Waals surface area contributed by atoms with Crippen LogP contribution in [-0.2, 0) is 9.53 Å². The first kappa shape index (κ1) is 17.0. The fourth-order valence-corrected chi connectivity index (χ4v) is 2.14. The molecule has 0 bridgehead atoms. The molecule has 1 amide bonds. The molecule has 116 valence electrons. The summed E-state index contributed by atoms with van der Waals surface area (Å²) in [6.45, 7) is 3.93. The number of nitrogens with one attached hydrogen (secondary N) is 1. The standard InChI is InChI=1S/C15H21NO5/c1-9-7-11(8-10(2)13(9)21-4)14(17)16-12(15(18)19)5-6-20-3/h7-8,12H,5-6H2,1-4H3,(H,16,17)(H,18,19). The van der Waals surface area contributed by atoms with Crippen molar-refractivity contribution in [1.29, 1.82) is 0 Å². The van der Waals surface area contributed by atoms with Crippen molar-refractivity contribution in [3.8, 4) is 5.75 Å². The zero-order valence-corrected chi connectivity index (χ0v) is 12.7. The lowest BCUT2D eigenvalue weighted by molar-refractivity contribution is -0.139. The second-order valence-corrected chi connectivity index (χ2v) is 4.79. The molecule has 2 N–H and O–H groups in total. The van der Waals surface area contributed by atoms with Gasteiger partial charge < -0.3 is 19.9 Å². The summed E-state index contributed by atoms with van der Waals surface area (Å²) in [4.78, 5) is 23.3. The number of carboxylic acids is 1. The molecule has 21 heavy (non-hydrogen) atoms. The first-order chi connectivity index (χ1) is 9.90. The number of carbonyl (C=O) groups excluding carboxylic acids is 1. The molecule has 0 heterocycles. The number of amides is 1. The molecule has 0 fully saturated rings. The molecule has 0 aliphatic carbocycles. The number of aryl methyl sites for hydroxylation is 2. The number of rotatable bonds is 7. The number of ether oxygens (including phenoxy) is 2. The minimum atomic E-state index is -1.08. The van der Waals surface area contributed by atoms with Crippen LogP contribution >= 0.6 is 0 Å². The summed E-state index contributed by atoms with van der Waals surface area (Å²) in [5.74, 6) is -0.782. The first-order valence-electron chi connectivity index (χ1n) is 6.58. The SMILES string of the molecule is COCCC(NC(=O)c1cc(C)c(OC)c(C)c1)C(=O)O. The lowest BCUT2D eigenvalue weighted by Crippen LogP contribution is -2.41. The summed E-state index contributed by atoms with van der Waals surface area (Å²) in [7, 11) is 3.05. The van der Waals surface area contributed by atoms with Crippen molar-refractivity contribution >= 4 is 11.9 Å². The summed E-state index contributed by atoms with van der Waals surface area (Å²) in [5, 5.41) is 11.6. The van der Waals surface area contributed by atoms with Gasteiger partial charge in [-0.1, -0.05) is 0 Å². The Hall–Kier alpha value is -2.08. The Labute approximate surface area is 124 Å². The molecule has 0 radical (unpaired) electrons. The predicted molar refractivity (Wildman–Crippen MR) is 77.9 cm³/mol. The van der Waals surface area contributed by atoms with Crippen molar-refractivity contribution in [3.63, 3.8) is 0 Å². The smallest absolute Gasteiger partial charge is 0.326 e. The molecule has 1 aromatic rings. The number of benzene rings is 1. The van der Waals surface area contributed by atoms with Crippen LogP contribution in [0.2, 0.25) is 0 Å². The third-order valence-corrected chi connectivity index (χ3v) is 3.14. The number of carboxylic acid groups (broad SMARTS) is 1. The van der Waals surface area contributed by atoms with E-state index < -0.39 is 17.9 Å². The van der Waals surface area contributed by atoms with Crippen molar-refractivity contribution in [1.82, 2.24) is 5.32 Å². The van der Waals surface area contributed by atoms with Crippen LogP contribution in [-0.4, -0.2) is 43.9 Å². The quantitative estimate of drug-likeness (QED) is 0.797. The summed E-state index contributed by atoms with van der Waals surface area (Å²) >= 11 is 0. The Balaban J connectivity index is 2.90. The van der Waals surface area contributed by atoms with Gasteiger partial charge in [0.05, 0.1) is 7.11 Å². The van der Waals surface area contributed by atoms with Gasteiger partial charge in [0.2, 0.25) is 0 Å². The normalized spacial score (nSPS) is 11.8. The van der Waals surface area contributed by atoms with Gasteiger partial charge in [-0.15, -0.1) is 0 Å². The first-order valence-corrected chi connectivity index (χ1v) is 6.58. The van der Waals surface area contributed by atoms with Crippen LogP contribution in [0.4, 0.5) is 0 Å². The lowest BCUT2D eigenvalue weighted by Gasteiger charge is -2.15. The average Bonchev–Trinajstić information content (AvgIpc) is 2.42. The van der Waals surface area contributed by atoms with Crippen molar-refractivity contribution < 1.29 is 24.2 Å². The molecule has 0 aliphatic rings. The van der Waals surface area contributed by atoms with Crippen LogP contribution in [0.1, 0.15) is 27.9 Å². The van der Waals surface area contributed by atoms with E-state index in [1.54, 1.807) is 19.2 Å². The number of methoxy groups -OCH3 is 2. The van der Waals surface area contributed by atoms with E-state index in [1.165, 1.54) is 7.11 Å². The Morgan fingerprint density at radius 1 is 1.24 bits per heavy atom. The highest BCUT2D eigenvalue weighted by atomic mass is 16.5. The molecule has 0 spiro atoms. The van der Waals surface area contributed by atoms with E-state index in [0.717, 1.165) is 16.9 Å². The van der Waals surface area contributed by atoms with E-state index in [0.29, 0.717) is 5.56 Å². The third-order valence-electron chi connectivity index (χ3n) is 3.14. The highest BCUT2D eigenvalue weighted by Gasteiger charge is 2.21. The second-order valence-electron chi connectivity index (χ2n) is 4.79. The lowest BCUT2D eigenvalue weighted by atomic mass is 10.0. The number of aliphatic carboxylic acids is 1. The van der Waals surface area contributed by atoms with Crippen LogP contribution in [0.25, 0.3) is 0 Å². The molecule has 1 unspecified atom stereocenters. The third kappa shape index (κ3) is 4.46. The molecule has 1 atom stereocenters. The molecule has 6 heteroatoms. The predicted octanol–water partition coefficient (Wildman–Crippen LogP) is 1.53. The van der Waals surface area contributed by atoms with E-state index in [1.807, 2.05) is 13.8 Å². The maximum absolute atomic E-state index is 12.2. The maximum Gasteiger partial charge on any atom is 0.326 e. The fraction of sp³-hybridized carbons (Fsp3) is 0.467. The molecular weight excluding hydrogens is 274 g/mol. The molecule has 6 nitrogen and oxygen atoms in total. The highest BCUT2D eigenvalue weighted by molar-refractivity contribution is 5.97. The molecule has 1 aromatic carbocycles. The van der Waals surface area contributed by atoms with Crippen LogP contribution in [0.15, 0.2) is 12.1 Å². The monoisotopic (exact) mass is 295 g/mol. The zero-order valence-electron chi connectivity index (χ0n) is 12.7. The molecule has 0 aromatic heterocycles. The second kappa shape index (κ2) is 7.64. The van der Waals surface area contributed by atoms with Gasteiger partial charge in [-0.2, -0.15) is 0 Å². The van der Waals surface area contributed by atoms with E-state index in [9.17, 15) is 9.59 Å². The van der Waals surface area contributed by atoms with Crippen LogP contribution < -0.4 is 10.1 Å². The zero-order chi connectivity index (χ0) is 16.0. The molecule has 1 rings (SSSR count). The van der Waals surface area contributed by atoms with Crippen molar-refractivity contribution in [3.05, 3.63) is 28.8 Å². The van der Waals surface area contributed by atoms with E-state index in [2.05, 4.69) is 5.32 Å². The number of hydrogen-bond acceptors (Lipinski definition) is 4. The number of hydrogen-bond donors (Lipinski definition) is 2. The largest absolute Gasteiger partial charge is 0.496 e. The van der Waals surface area contributed by atoms with E-state index in [-0.39, 0.29) is 13.0 Å². The van der Waals surface area contributed by atoms with Crippen LogP contribution in [0.3, 0.4) is 0 Å². The summed E-state index contributed by atoms with van der Waals surface area (Å²) < 4.78 is 10.1. The summed E-state index contributed by atoms with van der Waals surface area (Å²) in [5.41, 5.74) is 2.06. The van der Waals surface area contributed by atoms with Gasteiger partial charge in [0.1, 0.15) is 11.8 Å². The van der Waals surface area contributed by atoms with Gasteiger partial charge in [-0.05, 0) is 37.1 Å². The van der Waals surface area contributed by atoms with Crippen LogP contribution in [0.5, 0.6) is 5.75 Å². The summed E-state index contributed by atoms with van der Waals surface area (Å²) in [6, 6.07) is 2.38. The van der Waals surface area contributed by atoms with Crippen molar-refractivity contribution in [2.24, 2.45) is 0 Å². The number of carbonyl (C=O) groups is 2. The van der Waals surface area contributed by atoms with Gasteiger partial charge in [0.25, 0.3) is 5.91 Å². The molecule has 0 saturated heterocycles. The Morgan fingerprint density at radius 3 is 2.24 bits per heavy atom.